The lowest BCUT2D eigenvalue weighted by atomic mass is 10.5. The Morgan fingerprint density at radius 3 is 1.63 bits per heavy atom. The summed E-state index contributed by atoms with van der Waals surface area (Å²) in [7, 11) is 0. The number of ether oxygens (including phenoxy) is 5. The maximum atomic E-state index is 11.0. The van der Waals surface area contributed by atoms with E-state index in [2.05, 4.69) is 0 Å². The van der Waals surface area contributed by atoms with E-state index in [1.165, 1.54) is 0 Å². The van der Waals surface area contributed by atoms with Crippen molar-refractivity contribution in [1.82, 2.24) is 0 Å². The van der Waals surface area contributed by atoms with Crippen molar-refractivity contribution in [1.29, 1.82) is 0 Å². The Kier molecular flexibility index (Phi) is 14.8. The third kappa shape index (κ3) is 15.3. The second-order valence-electron chi connectivity index (χ2n) is 3.59. The van der Waals surface area contributed by atoms with Gasteiger partial charge in [-0.15, -0.1) is 0 Å². The molecule has 0 aliphatic rings. The summed E-state index contributed by atoms with van der Waals surface area (Å²) in [5.41, 5.74) is 0. The molecule has 0 amide bonds. The molecule has 6 heteroatoms. The van der Waals surface area contributed by atoms with Gasteiger partial charge in [0.15, 0.2) is 0 Å². The molecule has 0 aromatic carbocycles. The lowest BCUT2D eigenvalue weighted by molar-refractivity contribution is -0.144. The van der Waals surface area contributed by atoms with Crippen LogP contribution in [0.4, 0.5) is 0 Å². The molecule has 0 aromatic rings. The van der Waals surface area contributed by atoms with E-state index in [9.17, 15) is 4.79 Å². The average molecular weight is 278 g/mol. The first-order valence-corrected chi connectivity index (χ1v) is 6.77. The summed E-state index contributed by atoms with van der Waals surface area (Å²) in [5.74, 6) is -0.230. The summed E-state index contributed by atoms with van der Waals surface area (Å²) < 4.78 is 25.7. The molecule has 0 saturated carbocycles. The molecule has 0 atom stereocenters. The molecule has 6 nitrogen and oxygen atoms in total. The summed E-state index contributed by atoms with van der Waals surface area (Å²) in [4.78, 5) is 11.0. The maximum Gasteiger partial charge on any atom is 0.308 e. The Hall–Kier alpha value is -0.690. The van der Waals surface area contributed by atoms with E-state index in [0.29, 0.717) is 59.5 Å². The molecule has 19 heavy (non-hydrogen) atoms. The van der Waals surface area contributed by atoms with Gasteiger partial charge >= 0.3 is 5.97 Å². The first-order valence-electron chi connectivity index (χ1n) is 6.77. The van der Waals surface area contributed by atoms with E-state index in [1.54, 1.807) is 6.92 Å². The van der Waals surface area contributed by atoms with Gasteiger partial charge in [0.05, 0.1) is 59.3 Å². The minimum Gasteiger partial charge on any atom is -0.466 e. The second-order valence-corrected chi connectivity index (χ2v) is 3.59. The molecule has 0 unspecified atom stereocenters. The van der Waals surface area contributed by atoms with Gasteiger partial charge in [-0.3, -0.25) is 4.79 Å². The van der Waals surface area contributed by atoms with Gasteiger partial charge in [0.2, 0.25) is 0 Å². The number of carbonyl (C=O) groups excluding carboxylic acids is 1. The van der Waals surface area contributed by atoms with Crippen LogP contribution >= 0.6 is 0 Å². The van der Waals surface area contributed by atoms with Crippen LogP contribution in [0.3, 0.4) is 0 Å². The van der Waals surface area contributed by atoms with Crippen LogP contribution < -0.4 is 0 Å². The molecule has 0 bridgehead atoms. The normalized spacial score (nSPS) is 10.6. The largest absolute Gasteiger partial charge is 0.466 e. The average Bonchev–Trinajstić information content (AvgIpc) is 2.40. The van der Waals surface area contributed by atoms with Crippen molar-refractivity contribution in [3.63, 3.8) is 0 Å². The zero-order chi connectivity index (χ0) is 14.2. The molecular weight excluding hydrogens is 252 g/mol. The van der Waals surface area contributed by atoms with Gasteiger partial charge in [0.25, 0.3) is 0 Å². The van der Waals surface area contributed by atoms with Gasteiger partial charge in [-0.25, -0.2) is 0 Å². The van der Waals surface area contributed by atoms with Crippen LogP contribution in [0, 0.1) is 0 Å². The molecule has 0 heterocycles. The Morgan fingerprint density at radius 1 is 0.684 bits per heavy atom. The highest BCUT2D eigenvalue weighted by Crippen LogP contribution is 1.88. The fourth-order valence-corrected chi connectivity index (χ4v) is 1.19. The van der Waals surface area contributed by atoms with E-state index < -0.39 is 0 Å². The topological polar surface area (TPSA) is 63.2 Å². The Balaban J connectivity index is 3.01. The van der Waals surface area contributed by atoms with Crippen molar-refractivity contribution in [3.8, 4) is 0 Å². The molecule has 114 valence electrons. The third-order valence-electron chi connectivity index (χ3n) is 2.08. The minimum atomic E-state index is -0.230. The predicted molar refractivity (Wildman–Crippen MR) is 70.2 cm³/mol. The highest BCUT2D eigenvalue weighted by molar-refractivity contribution is 5.69. The second kappa shape index (κ2) is 15.4. The zero-order valence-electron chi connectivity index (χ0n) is 12.0. The van der Waals surface area contributed by atoms with E-state index in [1.807, 2.05) is 6.92 Å². The molecule has 0 rings (SSSR count). The highest BCUT2D eigenvalue weighted by Gasteiger charge is 2.00. The van der Waals surface area contributed by atoms with E-state index in [0.717, 1.165) is 0 Å². The Morgan fingerprint density at radius 2 is 1.16 bits per heavy atom. The van der Waals surface area contributed by atoms with Gasteiger partial charge in [-0.2, -0.15) is 0 Å². The highest BCUT2D eigenvalue weighted by atomic mass is 16.6. The van der Waals surface area contributed by atoms with Crippen molar-refractivity contribution in [2.24, 2.45) is 0 Å². The lowest BCUT2D eigenvalue weighted by Crippen LogP contribution is -2.13. The quantitative estimate of drug-likeness (QED) is 0.349. The Bertz CT molecular complexity index is 198. The van der Waals surface area contributed by atoms with Crippen LogP contribution in [-0.2, 0) is 28.5 Å². The predicted octanol–water partition coefficient (Wildman–Crippen LogP) is 1.03. The van der Waals surface area contributed by atoms with Crippen molar-refractivity contribution in [3.05, 3.63) is 0 Å². The summed E-state index contributed by atoms with van der Waals surface area (Å²) in [6.45, 7) is 8.48. The summed E-state index contributed by atoms with van der Waals surface area (Å²) in [6.07, 6.45) is 0.286. The number of carbonyl (C=O) groups is 1. The van der Waals surface area contributed by atoms with Crippen LogP contribution in [0.5, 0.6) is 0 Å². The molecule has 0 aliphatic heterocycles. The molecule has 0 aromatic heterocycles. The van der Waals surface area contributed by atoms with Gasteiger partial charge in [0.1, 0.15) is 0 Å². The summed E-state index contributed by atoms with van der Waals surface area (Å²) in [6, 6.07) is 0. The fraction of sp³-hybridized carbons (Fsp3) is 0.923. The number of esters is 1. The first kappa shape index (κ1) is 18.3. The standard InChI is InChI=1S/C13H26O6/c1-3-15-7-8-17-11-12-18-10-9-16-6-5-13(14)19-4-2/h3-12H2,1-2H3. The van der Waals surface area contributed by atoms with Crippen molar-refractivity contribution in [2.75, 3.05) is 59.5 Å². The molecule has 0 saturated heterocycles. The van der Waals surface area contributed by atoms with Crippen LogP contribution in [0.15, 0.2) is 0 Å². The van der Waals surface area contributed by atoms with Gasteiger partial charge in [-0.05, 0) is 13.8 Å². The minimum absolute atomic E-state index is 0.230. The summed E-state index contributed by atoms with van der Waals surface area (Å²) in [5, 5.41) is 0. The van der Waals surface area contributed by atoms with Crippen molar-refractivity contribution in [2.45, 2.75) is 20.3 Å². The van der Waals surface area contributed by atoms with E-state index >= 15 is 0 Å². The van der Waals surface area contributed by atoms with Gasteiger partial charge in [-0.1, -0.05) is 0 Å². The smallest absolute Gasteiger partial charge is 0.308 e. The van der Waals surface area contributed by atoms with Crippen LogP contribution in [0.1, 0.15) is 20.3 Å². The fourth-order valence-electron chi connectivity index (χ4n) is 1.19. The summed E-state index contributed by atoms with van der Waals surface area (Å²) >= 11 is 0. The maximum absolute atomic E-state index is 11.0. The first-order chi connectivity index (χ1) is 9.31. The molecular formula is C13H26O6. The number of hydrogen-bond donors (Lipinski definition) is 0. The van der Waals surface area contributed by atoms with Crippen molar-refractivity contribution < 1.29 is 28.5 Å². The van der Waals surface area contributed by atoms with Crippen molar-refractivity contribution >= 4 is 5.97 Å². The molecule has 0 spiro atoms. The van der Waals surface area contributed by atoms with Crippen LogP contribution in [0.2, 0.25) is 0 Å². The molecule has 0 radical (unpaired) electrons. The third-order valence-corrected chi connectivity index (χ3v) is 2.08. The number of rotatable bonds is 14. The molecule has 0 fully saturated rings. The molecule has 0 aliphatic carbocycles. The SMILES string of the molecule is CCOCCOCCOCCOCCC(=O)OCC. The van der Waals surface area contributed by atoms with Gasteiger partial charge < -0.3 is 23.7 Å². The van der Waals surface area contributed by atoms with E-state index in [4.69, 9.17) is 23.7 Å². The Labute approximate surface area is 115 Å². The molecule has 0 N–H and O–H groups in total. The van der Waals surface area contributed by atoms with Crippen LogP contribution in [0.25, 0.3) is 0 Å². The number of hydrogen-bond acceptors (Lipinski definition) is 6. The zero-order valence-corrected chi connectivity index (χ0v) is 12.0. The van der Waals surface area contributed by atoms with E-state index in [-0.39, 0.29) is 12.4 Å². The van der Waals surface area contributed by atoms with Crippen LogP contribution in [-0.4, -0.2) is 65.4 Å². The monoisotopic (exact) mass is 278 g/mol. The van der Waals surface area contributed by atoms with Gasteiger partial charge in [0, 0.05) is 6.61 Å². The lowest BCUT2D eigenvalue weighted by Gasteiger charge is -2.06.